The van der Waals surface area contributed by atoms with Crippen LogP contribution in [0.1, 0.15) is 64.7 Å². The minimum Gasteiger partial charge on any atom is -0.479 e. The van der Waals surface area contributed by atoms with Crippen LogP contribution >= 0.6 is 0 Å². The van der Waals surface area contributed by atoms with E-state index in [1.807, 2.05) is 6.92 Å². The Bertz CT molecular complexity index is 253. The molecule has 1 atom stereocenters. The SMILES string of the molecule is CCC#CCCCCCCCC[C@@H](F)C(=O)O. The molecule has 0 fully saturated rings. The molecule has 17 heavy (non-hydrogen) atoms. The highest BCUT2D eigenvalue weighted by Gasteiger charge is 2.13. The highest BCUT2D eigenvalue weighted by Crippen LogP contribution is 2.11. The van der Waals surface area contributed by atoms with E-state index in [1.165, 1.54) is 0 Å². The van der Waals surface area contributed by atoms with Gasteiger partial charge in [0.15, 0.2) is 6.17 Å². The molecule has 0 radical (unpaired) electrons. The molecule has 0 aliphatic carbocycles. The molecule has 3 heteroatoms. The molecule has 0 aliphatic rings. The predicted molar refractivity (Wildman–Crippen MR) is 67.5 cm³/mol. The number of carboxylic acid groups (broad SMARTS) is 1. The van der Waals surface area contributed by atoms with Gasteiger partial charge in [0.25, 0.3) is 0 Å². The fourth-order valence-electron chi connectivity index (χ4n) is 1.58. The first-order valence-corrected chi connectivity index (χ1v) is 6.51. The highest BCUT2D eigenvalue weighted by molar-refractivity contribution is 5.71. The summed E-state index contributed by atoms with van der Waals surface area (Å²) in [4.78, 5) is 10.2. The topological polar surface area (TPSA) is 37.3 Å². The summed E-state index contributed by atoms with van der Waals surface area (Å²) in [6, 6.07) is 0. The summed E-state index contributed by atoms with van der Waals surface area (Å²) in [6.45, 7) is 2.04. The van der Waals surface area contributed by atoms with Gasteiger partial charge < -0.3 is 5.11 Å². The van der Waals surface area contributed by atoms with Crippen molar-refractivity contribution in [2.75, 3.05) is 0 Å². The van der Waals surface area contributed by atoms with Gasteiger partial charge in [-0.2, -0.15) is 0 Å². The number of hydrogen-bond donors (Lipinski definition) is 1. The summed E-state index contributed by atoms with van der Waals surface area (Å²) in [6.07, 6.45) is 6.46. The van der Waals surface area contributed by atoms with E-state index < -0.39 is 12.1 Å². The lowest BCUT2D eigenvalue weighted by Gasteiger charge is -2.02. The van der Waals surface area contributed by atoms with E-state index in [4.69, 9.17) is 5.11 Å². The Kier molecular flexibility index (Phi) is 10.7. The van der Waals surface area contributed by atoms with Crippen molar-refractivity contribution in [3.8, 4) is 11.8 Å². The third-order valence-corrected chi connectivity index (χ3v) is 2.58. The van der Waals surface area contributed by atoms with Crippen LogP contribution in [-0.4, -0.2) is 17.2 Å². The van der Waals surface area contributed by atoms with Gasteiger partial charge in [-0.25, -0.2) is 9.18 Å². The number of carboxylic acids is 1. The van der Waals surface area contributed by atoms with E-state index in [2.05, 4.69) is 11.8 Å². The van der Waals surface area contributed by atoms with Gasteiger partial charge in [0.1, 0.15) is 0 Å². The molecule has 0 spiro atoms. The monoisotopic (exact) mass is 242 g/mol. The lowest BCUT2D eigenvalue weighted by molar-refractivity contribution is -0.143. The van der Waals surface area contributed by atoms with E-state index in [-0.39, 0.29) is 6.42 Å². The van der Waals surface area contributed by atoms with Crippen LogP contribution in [0.2, 0.25) is 0 Å². The maximum absolute atomic E-state index is 12.7. The minimum atomic E-state index is -1.68. The summed E-state index contributed by atoms with van der Waals surface area (Å²) in [5.74, 6) is 4.80. The van der Waals surface area contributed by atoms with Crippen molar-refractivity contribution in [3.05, 3.63) is 0 Å². The highest BCUT2D eigenvalue weighted by atomic mass is 19.1. The molecule has 0 saturated heterocycles. The number of alkyl halides is 1. The third-order valence-electron chi connectivity index (χ3n) is 2.58. The van der Waals surface area contributed by atoms with E-state index in [9.17, 15) is 9.18 Å². The quantitative estimate of drug-likeness (QED) is 0.491. The molecule has 2 nitrogen and oxygen atoms in total. The molecule has 0 unspecified atom stereocenters. The van der Waals surface area contributed by atoms with Gasteiger partial charge in [-0.15, -0.1) is 11.8 Å². The summed E-state index contributed by atoms with van der Waals surface area (Å²) in [5.41, 5.74) is 0. The zero-order chi connectivity index (χ0) is 12.9. The Hall–Kier alpha value is -1.04. The Morgan fingerprint density at radius 2 is 1.71 bits per heavy atom. The van der Waals surface area contributed by atoms with Gasteiger partial charge in [0.05, 0.1) is 0 Å². The van der Waals surface area contributed by atoms with Crippen LogP contribution in [0.3, 0.4) is 0 Å². The summed E-state index contributed by atoms with van der Waals surface area (Å²) < 4.78 is 12.7. The summed E-state index contributed by atoms with van der Waals surface area (Å²) >= 11 is 0. The minimum absolute atomic E-state index is 0.150. The lowest BCUT2D eigenvalue weighted by Crippen LogP contribution is -2.13. The summed E-state index contributed by atoms with van der Waals surface area (Å²) in [5, 5.41) is 8.34. The average molecular weight is 242 g/mol. The van der Waals surface area contributed by atoms with Crippen molar-refractivity contribution in [2.24, 2.45) is 0 Å². The van der Waals surface area contributed by atoms with Crippen molar-refractivity contribution in [1.82, 2.24) is 0 Å². The number of rotatable bonds is 9. The van der Waals surface area contributed by atoms with Crippen LogP contribution in [-0.2, 0) is 4.79 Å². The van der Waals surface area contributed by atoms with Gasteiger partial charge in [-0.1, -0.05) is 32.6 Å². The Morgan fingerprint density at radius 1 is 1.12 bits per heavy atom. The fourth-order valence-corrected chi connectivity index (χ4v) is 1.58. The average Bonchev–Trinajstić information content (AvgIpc) is 2.31. The molecule has 0 aromatic carbocycles. The second-order valence-corrected chi connectivity index (χ2v) is 4.17. The van der Waals surface area contributed by atoms with Gasteiger partial charge in [0, 0.05) is 12.8 Å². The van der Waals surface area contributed by atoms with Crippen molar-refractivity contribution >= 4 is 5.97 Å². The van der Waals surface area contributed by atoms with Gasteiger partial charge in [0.2, 0.25) is 0 Å². The van der Waals surface area contributed by atoms with E-state index in [0.29, 0.717) is 6.42 Å². The van der Waals surface area contributed by atoms with Gasteiger partial charge in [-0.05, 0) is 19.3 Å². The molecule has 0 aromatic heterocycles. The molecule has 98 valence electrons. The van der Waals surface area contributed by atoms with Crippen molar-refractivity contribution < 1.29 is 14.3 Å². The molecular weight excluding hydrogens is 219 g/mol. The van der Waals surface area contributed by atoms with E-state index in [1.54, 1.807) is 0 Å². The number of hydrogen-bond acceptors (Lipinski definition) is 1. The van der Waals surface area contributed by atoms with Crippen LogP contribution in [0.5, 0.6) is 0 Å². The van der Waals surface area contributed by atoms with Crippen molar-refractivity contribution in [3.63, 3.8) is 0 Å². The molecule has 0 aliphatic heterocycles. The Morgan fingerprint density at radius 3 is 2.29 bits per heavy atom. The van der Waals surface area contributed by atoms with Gasteiger partial charge >= 0.3 is 5.97 Å². The van der Waals surface area contributed by atoms with Crippen LogP contribution in [0.15, 0.2) is 0 Å². The number of aliphatic carboxylic acids is 1. The van der Waals surface area contributed by atoms with Crippen LogP contribution in [0.4, 0.5) is 4.39 Å². The third kappa shape index (κ3) is 11.2. The van der Waals surface area contributed by atoms with Crippen LogP contribution in [0.25, 0.3) is 0 Å². The lowest BCUT2D eigenvalue weighted by atomic mass is 10.1. The second-order valence-electron chi connectivity index (χ2n) is 4.17. The normalized spacial score (nSPS) is 11.6. The molecule has 0 heterocycles. The zero-order valence-corrected chi connectivity index (χ0v) is 10.7. The molecule has 0 amide bonds. The first kappa shape index (κ1) is 16.0. The van der Waals surface area contributed by atoms with Crippen molar-refractivity contribution in [2.45, 2.75) is 70.9 Å². The standard InChI is InChI=1S/C14H23FO2/c1-2-3-4-5-6-7-8-9-10-11-12-13(15)14(16)17/h13H,2,5-12H2,1H3,(H,16,17)/t13-/m1/s1. The predicted octanol–water partition coefficient (Wildman–Crippen LogP) is 3.94. The fraction of sp³-hybridized carbons (Fsp3) is 0.786. The first-order chi connectivity index (χ1) is 8.18. The largest absolute Gasteiger partial charge is 0.479 e. The molecular formula is C14H23FO2. The first-order valence-electron chi connectivity index (χ1n) is 6.51. The van der Waals surface area contributed by atoms with E-state index >= 15 is 0 Å². The Labute approximate surface area is 104 Å². The molecule has 1 N–H and O–H groups in total. The second kappa shape index (κ2) is 11.4. The molecule has 0 saturated carbocycles. The Balaban J connectivity index is 3.16. The number of unbranched alkanes of at least 4 members (excludes halogenated alkanes) is 6. The zero-order valence-electron chi connectivity index (χ0n) is 10.7. The van der Waals surface area contributed by atoms with Crippen LogP contribution in [0, 0.1) is 11.8 Å². The molecule has 0 rings (SSSR count). The van der Waals surface area contributed by atoms with Crippen molar-refractivity contribution in [1.29, 1.82) is 0 Å². The maximum atomic E-state index is 12.7. The smallest absolute Gasteiger partial charge is 0.338 e. The molecule has 0 aromatic rings. The van der Waals surface area contributed by atoms with Gasteiger partial charge in [-0.3, -0.25) is 0 Å². The van der Waals surface area contributed by atoms with Crippen LogP contribution < -0.4 is 0 Å². The number of carbonyl (C=O) groups is 1. The maximum Gasteiger partial charge on any atom is 0.338 e. The number of halogens is 1. The van der Waals surface area contributed by atoms with E-state index in [0.717, 1.165) is 44.9 Å². The summed E-state index contributed by atoms with van der Waals surface area (Å²) in [7, 11) is 0. The molecule has 0 bridgehead atoms.